The summed E-state index contributed by atoms with van der Waals surface area (Å²) < 4.78 is 1.28. The standard InChI is InChI=1S/C22H19N3O3/c1-14(16-11-10-15-6-2-3-7-17(15)12-16)23-20(26)13-25-19-9-5-4-8-18(19)21(27)24-22(25)28/h2-12,14H,13H2,1H3,(H,23,26)(H,24,27,28). The van der Waals surface area contributed by atoms with Crippen LogP contribution in [0.1, 0.15) is 18.5 Å². The number of nitrogens with zero attached hydrogens (tertiary/aromatic N) is 1. The van der Waals surface area contributed by atoms with Crippen LogP contribution < -0.4 is 16.6 Å². The van der Waals surface area contributed by atoms with E-state index < -0.39 is 11.2 Å². The summed E-state index contributed by atoms with van der Waals surface area (Å²) in [6.07, 6.45) is 0. The second kappa shape index (κ2) is 7.15. The van der Waals surface area contributed by atoms with Crippen LogP contribution in [0, 0.1) is 0 Å². The molecule has 1 unspecified atom stereocenters. The predicted molar refractivity (Wildman–Crippen MR) is 109 cm³/mol. The average molecular weight is 373 g/mol. The second-order valence-electron chi connectivity index (χ2n) is 6.76. The number of hydrogen-bond acceptors (Lipinski definition) is 3. The Morgan fingerprint density at radius 3 is 2.54 bits per heavy atom. The van der Waals surface area contributed by atoms with Crippen molar-refractivity contribution in [2.75, 3.05) is 0 Å². The van der Waals surface area contributed by atoms with Crippen molar-refractivity contribution < 1.29 is 4.79 Å². The molecule has 2 N–H and O–H groups in total. The predicted octanol–water partition coefficient (Wildman–Crippen LogP) is 2.72. The van der Waals surface area contributed by atoms with Gasteiger partial charge < -0.3 is 5.32 Å². The molecule has 1 amide bonds. The molecule has 0 bridgehead atoms. The lowest BCUT2D eigenvalue weighted by atomic mass is 10.0. The van der Waals surface area contributed by atoms with Crippen molar-refractivity contribution in [1.29, 1.82) is 0 Å². The molecule has 140 valence electrons. The molecule has 0 aliphatic carbocycles. The van der Waals surface area contributed by atoms with Gasteiger partial charge in [0.15, 0.2) is 0 Å². The molecular weight excluding hydrogens is 354 g/mol. The first-order valence-corrected chi connectivity index (χ1v) is 9.03. The van der Waals surface area contributed by atoms with E-state index in [1.165, 1.54) is 4.57 Å². The monoisotopic (exact) mass is 373 g/mol. The summed E-state index contributed by atoms with van der Waals surface area (Å²) in [5.41, 5.74) is 0.356. The molecule has 1 aromatic heterocycles. The third-order valence-corrected chi connectivity index (χ3v) is 4.86. The van der Waals surface area contributed by atoms with Crippen molar-refractivity contribution in [2.24, 2.45) is 0 Å². The van der Waals surface area contributed by atoms with Crippen LogP contribution >= 0.6 is 0 Å². The van der Waals surface area contributed by atoms with Crippen molar-refractivity contribution in [3.63, 3.8) is 0 Å². The number of nitrogens with one attached hydrogen (secondary N) is 2. The van der Waals surface area contributed by atoms with Crippen molar-refractivity contribution in [2.45, 2.75) is 19.5 Å². The minimum Gasteiger partial charge on any atom is -0.348 e. The van der Waals surface area contributed by atoms with Crippen LogP contribution in [0.5, 0.6) is 0 Å². The molecule has 0 saturated carbocycles. The minimum absolute atomic E-state index is 0.173. The van der Waals surface area contributed by atoms with E-state index in [0.717, 1.165) is 16.3 Å². The number of rotatable bonds is 4. The summed E-state index contributed by atoms with van der Waals surface area (Å²) in [5.74, 6) is -0.306. The minimum atomic E-state index is -0.600. The van der Waals surface area contributed by atoms with Crippen LogP contribution in [0.25, 0.3) is 21.7 Å². The van der Waals surface area contributed by atoms with E-state index in [9.17, 15) is 14.4 Å². The fourth-order valence-corrected chi connectivity index (χ4v) is 3.39. The Balaban J connectivity index is 1.58. The van der Waals surface area contributed by atoms with Crippen molar-refractivity contribution >= 4 is 27.6 Å². The number of benzene rings is 3. The largest absolute Gasteiger partial charge is 0.348 e. The third kappa shape index (κ3) is 3.32. The summed E-state index contributed by atoms with van der Waals surface area (Å²) >= 11 is 0. The van der Waals surface area contributed by atoms with Gasteiger partial charge in [0.25, 0.3) is 5.56 Å². The Hall–Kier alpha value is -3.67. The van der Waals surface area contributed by atoms with E-state index in [1.807, 2.05) is 49.4 Å². The lowest BCUT2D eigenvalue weighted by Gasteiger charge is -2.16. The first-order chi connectivity index (χ1) is 13.5. The third-order valence-electron chi connectivity index (χ3n) is 4.86. The van der Waals surface area contributed by atoms with Crippen molar-refractivity contribution in [1.82, 2.24) is 14.9 Å². The Kier molecular flexibility index (Phi) is 4.53. The van der Waals surface area contributed by atoms with E-state index in [1.54, 1.807) is 24.3 Å². The van der Waals surface area contributed by atoms with E-state index >= 15 is 0 Å². The van der Waals surface area contributed by atoms with Gasteiger partial charge in [-0.15, -0.1) is 0 Å². The zero-order chi connectivity index (χ0) is 19.7. The number of hydrogen-bond donors (Lipinski definition) is 2. The van der Waals surface area contributed by atoms with Crippen molar-refractivity contribution in [3.8, 4) is 0 Å². The van der Waals surface area contributed by atoms with Gasteiger partial charge in [-0.2, -0.15) is 0 Å². The molecule has 1 atom stereocenters. The van der Waals surface area contributed by atoms with Gasteiger partial charge in [0, 0.05) is 0 Å². The van der Waals surface area contributed by atoms with Gasteiger partial charge >= 0.3 is 5.69 Å². The van der Waals surface area contributed by atoms with Crippen LogP contribution in [-0.4, -0.2) is 15.5 Å². The molecule has 6 heteroatoms. The van der Waals surface area contributed by atoms with Gasteiger partial charge in [-0.05, 0) is 41.5 Å². The molecule has 1 heterocycles. The second-order valence-corrected chi connectivity index (χ2v) is 6.76. The lowest BCUT2D eigenvalue weighted by Crippen LogP contribution is -2.37. The van der Waals surface area contributed by atoms with Gasteiger partial charge in [-0.1, -0.05) is 48.5 Å². The van der Waals surface area contributed by atoms with E-state index in [-0.39, 0.29) is 18.5 Å². The molecule has 0 aliphatic rings. The Labute approximate surface area is 160 Å². The number of H-pyrrole nitrogens is 1. The molecular formula is C22H19N3O3. The van der Waals surface area contributed by atoms with Gasteiger partial charge in [0.05, 0.1) is 16.9 Å². The summed E-state index contributed by atoms with van der Waals surface area (Å²) in [7, 11) is 0. The summed E-state index contributed by atoms with van der Waals surface area (Å²) in [6.45, 7) is 1.73. The van der Waals surface area contributed by atoms with Gasteiger partial charge in [-0.25, -0.2) is 4.79 Å². The molecule has 0 fully saturated rings. The molecule has 0 aliphatic heterocycles. The van der Waals surface area contributed by atoms with Gasteiger partial charge in [0.1, 0.15) is 6.54 Å². The fraction of sp³-hybridized carbons (Fsp3) is 0.136. The smallest absolute Gasteiger partial charge is 0.329 e. The normalized spacial score (nSPS) is 12.2. The van der Waals surface area contributed by atoms with E-state index in [2.05, 4.69) is 10.3 Å². The SMILES string of the molecule is CC(NC(=O)Cn1c(=O)[nH]c(=O)c2ccccc21)c1ccc2ccccc2c1. The highest BCUT2D eigenvalue weighted by Gasteiger charge is 2.14. The maximum absolute atomic E-state index is 12.6. The maximum Gasteiger partial charge on any atom is 0.329 e. The van der Waals surface area contributed by atoms with Crippen LogP contribution in [-0.2, 0) is 11.3 Å². The fourth-order valence-electron chi connectivity index (χ4n) is 3.39. The molecule has 3 aromatic carbocycles. The zero-order valence-electron chi connectivity index (χ0n) is 15.3. The van der Waals surface area contributed by atoms with Crippen LogP contribution in [0.2, 0.25) is 0 Å². The highest BCUT2D eigenvalue weighted by Crippen LogP contribution is 2.20. The topological polar surface area (TPSA) is 84.0 Å². The number of fused-ring (bicyclic) bond motifs is 2. The molecule has 6 nitrogen and oxygen atoms in total. The highest BCUT2D eigenvalue weighted by atomic mass is 16.2. The van der Waals surface area contributed by atoms with Gasteiger partial charge in [0.2, 0.25) is 5.91 Å². The highest BCUT2D eigenvalue weighted by molar-refractivity contribution is 5.84. The van der Waals surface area contributed by atoms with Crippen LogP contribution in [0.4, 0.5) is 0 Å². The molecule has 4 aromatic rings. The number of carbonyl (C=O) groups is 1. The van der Waals surface area contributed by atoms with Gasteiger partial charge in [-0.3, -0.25) is 19.1 Å². The molecule has 4 rings (SSSR count). The summed E-state index contributed by atoms with van der Waals surface area (Å²) in [5, 5.41) is 5.53. The molecule has 0 saturated heterocycles. The molecule has 0 spiro atoms. The quantitative estimate of drug-likeness (QED) is 0.577. The Morgan fingerprint density at radius 2 is 1.71 bits per heavy atom. The zero-order valence-corrected chi connectivity index (χ0v) is 15.3. The number of para-hydroxylation sites is 1. The number of aromatic nitrogens is 2. The average Bonchev–Trinajstić information content (AvgIpc) is 2.70. The first-order valence-electron chi connectivity index (χ1n) is 9.03. The Morgan fingerprint density at radius 1 is 1.00 bits per heavy atom. The first kappa shape index (κ1) is 17.7. The Bertz CT molecular complexity index is 1300. The number of carbonyl (C=O) groups excluding carboxylic acids is 1. The number of aromatic amines is 1. The van der Waals surface area contributed by atoms with Crippen molar-refractivity contribution in [3.05, 3.63) is 93.1 Å². The van der Waals surface area contributed by atoms with E-state index in [0.29, 0.717) is 10.9 Å². The van der Waals surface area contributed by atoms with Crippen LogP contribution in [0.3, 0.4) is 0 Å². The van der Waals surface area contributed by atoms with Crippen LogP contribution in [0.15, 0.2) is 76.3 Å². The molecule has 0 radical (unpaired) electrons. The lowest BCUT2D eigenvalue weighted by molar-refractivity contribution is -0.122. The molecule has 28 heavy (non-hydrogen) atoms. The maximum atomic E-state index is 12.6. The van der Waals surface area contributed by atoms with E-state index in [4.69, 9.17) is 0 Å². The number of amides is 1. The summed E-state index contributed by atoms with van der Waals surface area (Å²) in [6, 6.07) is 20.6. The summed E-state index contributed by atoms with van der Waals surface area (Å²) in [4.78, 5) is 39.0.